The summed E-state index contributed by atoms with van der Waals surface area (Å²) in [4.78, 5) is 9.70. The summed E-state index contributed by atoms with van der Waals surface area (Å²) in [5.41, 5.74) is 4.25. The van der Waals surface area contributed by atoms with Crippen molar-refractivity contribution in [2.75, 3.05) is 0 Å². The minimum absolute atomic E-state index is 0.0344. The molecule has 184 valence electrons. The van der Waals surface area contributed by atoms with Crippen LogP contribution in [0, 0.1) is 0 Å². The molecule has 2 atom stereocenters. The zero-order chi connectivity index (χ0) is 25.2. The van der Waals surface area contributed by atoms with Gasteiger partial charge in [-0.3, -0.25) is 9.98 Å². The lowest BCUT2D eigenvalue weighted by Crippen LogP contribution is -2.27. The van der Waals surface area contributed by atoms with E-state index in [-0.39, 0.29) is 23.6 Å². The number of hydrogen-bond donors (Lipinski definition) is 2. The third-order valence-corrected chi connectivity index (χ3v) is 7.31. The van der Waals surface area contributed by atoms with Crippen molar-refractivity contribution in [1.82, 2.24) is 4.57 Å². The first-order valence-corrected chi connectivity index (χ1v) is 12.9. The topological polar surface area (TPSA) is 70.1 Å². The fraction of sp³-hybridized carbons (Fsp3) is 0.188. The molecule has 0 radical (unpaired) electrons. The van der Waals surface area contributed by atoms with Gasteiger partial charge in [-0.25, -0.2) is 0 Å². The zero-order valence-corrected chi connectivity index (χ0v) is 20.5. The van der Waals surface area contributed by atoms with Crippen molar-refractivity contribution in [2.45, 2.75) is 37.8 Å². The number of hydrogen-bond acceptors (Lipinski definition) is 4. The molecule has 1 heterocycles. The quantitative estimate of drug-likeness (QED) is 0.261. The van der Waals surface area contributed by atoms with Crippen LogP contribution in [0.1, 0.15) is 36.8 Å². The molecule has 1 aliphatic rings. The molecule has 5 nitrogen and oxygen atoms in total. The lowest BCUT2D eigenvalue weighted by Gasteiger charge is -2.25. The molecule has 0 bridgehead atoms. The van der Waals surface area contributed by atoms with E-state index >= 15 is 0 Å². The Hall–Kier alpha value is -4.38. The van der Waals surface area contributed by atoms with Crippen LogP contribution in [0.5, 0.6) is 11.5 Å². The highest BCUT2D eigenvalue weighted by atomic mass is 16.3. The molecule has 37 heavy (non-hydrogen) atoms. The van der Waals surface area contributed by atoms with Gasteiger partial charge >= 0.3 is 0 Å². The summed E-state index contributed by atoms with van der Waals surface area (Å²) in [5.74, 6) is 0.441. The zero-order valence-electron chi connectivity index (χ0n) is 20.5. The average Bonchev–Trinajstić information content (AvgIpc) is 3.27. The third-order valence-electron chi connectivity index (χ3n) is 7.31. The predicted molar refractivity (Wildman–Crippen MR) is 152 cm³/mol. The summed E-state index contributed by atoms with van der Waals surface area (Å²) in [5, 5.41) is 23.8. The van der Waals surface area contributed by atoms with Crippen molar-refractivity contribution in [1.29, 1.82) is 0 Å². The van der Waals surface area contributed by atoms with E-state index in [0.717, 1.165) is 53.2 Å². The number of aromatic hydroxyl groups is 2. The Morgan fingerprint density at radius 1 is 0.622 bits per heavy atom. The number of para-hydroxylation sites is 4. The number of nitrogens with zero attached hydrogens (tertiary/aromatic N) is 3. The number of phenols is 2. The Labute approximate surface area is 216 Å². The van der Waals surface area contributed by atoms with E-state index < -0.39 is 0 Å². The van der Waals surface area contributed by atoms with Crippen LogP contribution in [-0.4, -0.2) is 39.3 Å². The Bertz CT molecular complexity index is 1580. The minimum Gasteiger partial charge on any atom is -0.507 e. The van der Waals surface area contributed by atoms with Crippen molar-refractivity contribution in [2.24, 2.45) is 9.98 Å². The van der Waals surface area contributed by atoms with Crippen molar-refractivity contribution in [3.8, 4) is 17.2 Å². The number of aromatic nitrogens is 1. The van der Waals surface area contributed by atoms with Gasteiger partial charge in [-0.1, -0.05) is 67.4 Å². The van der Waals surface area contributed by atoms with Gasteiger partial charge in [-0.05, 0) is 49.2 Å². The smallest absolute Gasteiger partial charge is 0.148 e. The molecular weight excluding hydrogens is 458 g/mol. The Morgan fingerprint density at radius 2 is 1.16 bits per heavy atom. The van der Waals surface area contributed by atoms with Crippen LogP contribution < -0.4 is 0 Å². The normalized spacial score (nSPS) is 18.4. The molecule has 4 aromatic carbocycles. The van der Waals surface area contributed by atoms with Crippen LogP contribution >= 0.6 is 0 Å². The molecule has 1 aromatic heterocycles. The van der Waals surface area contributed by atoms with E-state index in [2.05, 4.69) is 28.8 Å². The fourth-order valence-electron chi connectivity index (χ4n) is 5.40. The second-order valence-corrected chi connectivity index (χ2v) is 9.62. The molecule has 0 saturated heterocycles. The van der Waals surface area contributed by atoms with Crippen LogP contribution in [0.25, 0.3) is 27.5 Å². The second-order valence-electron chi connectivity index (χ2n) is 9.62. The van der Waals surface area contributed by atoms with Crippen LogP contribution in [0.4, 0.5) is 0 Å². The van der Waals surface area contributed by atoms with Crippen LogP contribution in [0.2, 0.25) is 0 Å². The molecule has 0 aliphatic heterocycles. The van der Waals surface area contributed by atoms with E-state index in [0.29, 0.717) is 11.1 Å². The van der Waals surface area contributed by atoms with Crippen molar-refractivity contribution in [3.63, 3.8) is 0 Å². The SMILES string of the molecule is Oc1ccccc1/C=N/C1CCCCC1/N=C/c1cccc(-n2c3ccccc3c3ccccc32)c1O. The standard InChI is InChI=1S/C32H29N3O2/c36-31-19-8-1-10-22(31)20-33-26-14-4-5-15-27(26)34-21-23-11-9-18-30(32(23)37)35-28-16-6-2-12-24(28)25-13-3-7-17-29(25)35/h1-3,6-13,16-21,26-27,36-37H,4-5,14-15H2/b33-20+,34-21+. The number of benzene rings is 4. The maximum atomic E-state index is 11.4. The Kier molecular flexibility index (Phi) is 6.19. The van der Waals surface area contributed by atoms with Crippen LogP contribution in [0.3, 0.4) is 0 Å². The molecule has 2 unspecified atom stereocenters. The van der Waals surface area contributed by atoms with Crippen LogP contribution in [-0.2, 0) is 0 Å². The van der Waals surface area contributed by atoms with Gasteiger partial charge in [0.05, 0.1) is 28.8 Å². The van der Waals surface area contributed by atoms with Crippen LogP contribution in [0.15, 0.2) is 101 Å². The van der Waals surface area contributed by atoms with Crippen molar-refractivity contribution < 1.29 is 10.2 Å². The largest absolute Gasteiger partial charge is 0.507 e. The molecule has 1 fully saturated rings. The van der Waals surface area contributed by atoms with E-state index in [1.165, 1.54) is 0 Å². The molecule has 1 saturated carbocycles. The average molecular weight is 488 g/mol. The minimum atomic E-state index is 0.0344. The molecule has 2 N–H and O–H groups in total. The van der Waals surface area contributed by atoms with Gasteiger partial charge in [-0.15, -0.1) is 0 Å². The monoisotopic (exact) mass is 487 g/mol. The molecule has 6 rings (SSSR count). The number of rotatable bonds is 5. The second kappa shape index (κ2) is 9.94. The fourth-order valence-corrected chi connectivity index (χ4v) is 5.40. The van der Waals surface area contributed by atoms with Gasteiger partial charge < -0.3 is 14.8 Å². The predicted octanol–water partition coefficient (Wildman–Crippen LogP) is 7.04. The van der Waals surface area contributed by atoms with E-state index in [1.54, 1.807) is 24.6 Å². The summed E-state index contributed by atoms with van der Waals surface area (Å²) >= 11 is 0. The Balaban J connectivity index is 1.34. The van der Waals surface area contributed by atoms with E-state index in [9.17, 15) is 10.2 Å². The van der Waals surface area contributed by atoms with E-state index in [1.807, 2.05) is 54.6 Å². The first-order valence-electron chi connectivity index (χ1n) is 12.9. The first kappa shape index (κ1) is 23.0. The van der Waals surface area contributed by atoms with E-state index in [4.69, 9.17) is 9.98 Å². The lowest BCUT2D eigenvalue weighted by atomic mass is 9.91. The maximum Gasteiger partial charge on any atom is 0.148 e. The summed E-state index contributed by atoms with van der Waals surface area (Å²) in [6.45, 7) is 0. The highest BCUT2D eigenvalue weighted by molar-refractivity contribution is 6.09. The first-order chi connectivity index (χ1) is 18.2. The molecule has 5 heteroatoms. The van der Waals surface area contributed by atoms with Crippen molar-refractivity contribution >= 4 is 34.2 Å². The molecule has 0 amide bonds. The van der Waals surface area contributed by atoms with Gasteiger partial charge in [-0.2, -0.15) is 0 Å². The summed E-state index contributed by atoms with van der Waals surface area (Å²) in [6.07, 6.45) is 7.69. The number of phenolic OH excluding ortho intramolecular Hbond substituents is 2. The van der Waals surface area contributed by atoms with Gasteiger partial charge in [0.1, 0.15) is 11.5 Å². The maximum absolute atomic E-state index is 11.4. The third kappa shape index (κ3) is 4.38. The summed E-state index contributed by atoms with van der Waals surface area (Å²) in [6, 6.07) is 29.7. The highest BCUT2D eigenvalue weighted by Gasteiger charge is 2.23. The number of fused-ring (bicyclic) bond motifs is 3. The lowest BCUT2D eigenvalue weighted by molar-refractivity contribution is 0.390. The molecule has 0 spiro atoms. The molecular formula is C32H29N3O2. The molecule has 5 aromatic rings. The van der Waals surface area contributed by atoms with Gasteiger partial charge in [0.25, 0.3) is 0 Å². The molecule has 1 aliphatic carbocycles. The summed E-state index contributed by atoms with van der Waals surface area (Å²) in [7, 11) is 0. The summed E-state index contributed by atoms with van der Waals surface area (Å²) < 4.78 is 2.12. The van der Waals surface area contributed by atoms with Gasteiger partial charge in [0, 0.05) is 34.3 Å². The number of aliphatic imine (C=N–C) groups is 2. The highest BCUT2D eigenvalue weighted by Crippen LogP contribution is 2.36. The van der Waals surface area contributed by atoms with Gasteiger partial charge in [0.2, 0.25) is 0 Å². The Morgan fingerprint density at radius 3 is 1.81 bits per heavy atom. The van der Waals surface area contributed by atoms with Crippen molar-refractivity contribution in [3.05, 3.63) is 102 Å². The van der Waals surface area contributed by atoms with Gasteiger partial charge in [0.15, 0.2) is 0 Å².